The minimum absolute atomic E-state index is 0.146. The van der Waals surface area contributed by atoms with Crippen molar-refractivity contribution in [2.75, 3.05) is 20.2 Å². The van der Waals surface area contributed by atoms with Gasteiger partial charge in [-0.1, -0.05) is 13.0 Å². The van der Waals surface area contributed by atoms with Crippen LogP contribution in [0.5, 0.6) is 5.75 Å². The Kier molecular flexibility index (Phi) is 2.67. The fraction of sp³-hybridized carbons (Fsp3) is 0.533. The van der Waals surface area contributed by atoms with Crippen LogP contribution in [0.3, 0.4) is 0 Å². The van der Waals surface area contributed by atoms with Crippen molar-refractivity contribution in [3.05, 3.63) is 29.3 Å². The molecule has 1 aromatic carbocycles. The third kappa shape index (κ3) is 1.57. The minimum Gasteiger partial charge on any atom is -0.496 e. The van der Waals surface area contributed by atoms with Crippen LogP contribution < -0.4 is 10.1 Å². The molecule has 0 spiro atoms. The molecule has 1 saturated heterocycles. The van der Waals surface area contributed by atoms with Gasteiger partial charge in [-0.3, -0.25) is 4.79 Å². The molecule has 2 fully saturated rings. The van der Waals surface area contributed by atoms with Crippen LogP contribution in [0, 0.1) is 5.92 Å². The number of Topliss-reactive ketones (excluding diaryl/α,β-unsaturated/α-hetero) is 1. The van der Waals surface area contributed by atoms with E-state index in [1.54, 1.807) is 7.11 Å². The fourth-order valence-electron chi connectivity index (χ4n) is 3.21. The Labute approximate surface area is 108 Å². The second-order valence-corrected chi connectivity index (χ2v) is 5.38. The van der Waals surface area contributed by atoms with Crippen molar-refractivity contribution >= 4 is 5.78 Å². The van der Waals surface area contributed by atoms with E-state index in [0.29, 0.717) is 17.4 Å². The molecule has 3 heteroatoms. The van der Waals surface area contributed by atoms with Gasteiger partial charge in [0.05, 0.1) is 12.7 Å². The zero-order valence-electron chi connectivity index (χ0n) is 11.0. The highest BCUT2D eigenvalue weighted by molar-refractivity contribution is 5.98. The number of fused-ring (bicyclic) bond motifs is 1. The first-order valence-electron chi connectivity index (χ1n) is 6.63. The van der Waals surface area contributed by atoms with Crippen LogP contribution in [-0.4, -0.2) is 26.0 Å². The summed E-state index contributed by atoms with van der Waals surface area (Å²) in [5, 5.41) is 3.44. The van der Waals surface area contributed by atoms with Gasteiger partial charge in [0.15, 0.2) is 5.78 Å². The molecule has 1 unspecified atom stereocenters. The zero-order chi connectivity index (χ0) is 12.8. The van der Waals surface area contributed by atoms with Gasteiger partial charge in [-0.2, -0.15) is 0 Å². The molecule has 3 rings (SSSR count). The number of carbonyl (C=O) groups is 1. The van der Waals surface area contributed by atoms with Gasteiger partial charge < -0.3 is 10.1 Å². The van der Waals surface area contributed by atoms with Crippen molar-refractivity contribution in [3.8, 4) is 5.75 Å². The Bertz CT molecular complexity index is 497. The van der Waals surface area contributed by atoms with Gasteiger partial charge in [-0.15, -0.1) is 0 Å². The van der Waals surface area contributed by atoms with Crippen LogP contribution in [0.4, 0.5) is 0 Å². The monoisotopic (exact) mass is 245 g/mol. The summed E-state index contributed by atoms with van der Waals surface area (Å²) in [6, 6.07) is 6.11. The molecule has 18 heavy (non-hydrogen) atoms. The van der Waals surface area contributed by atoms with Crippen molar-refractivity contribution in [3.63, 3.8) is 0 Å². The van der Waals surface area contributed by atoms with Crippen molar-refractivity contribution in [1.29, 1.82) is 0 Å². The van der Waals surface area contributed by atoms with E-state index in [4.69, 9.17) is 4.74 Å². The Morgan fingerprint density at radius 3 is 2.94 bits per heavy atom. The van der Waals surface area contributed by atoms with Crippen molar-refractivity contribution < 1.29 is 9.53 Å². The van der Waals surface area contributed by atoms with E-state index in [-0.39, 0.29) is 5.78 Å². The van der Waals surface area contributed by atoms with Crippen molar-refractivity contribution in [2.45, 2.75) is 25.2 Å². The quantitative estimate of drug-likeness (QED) is 0.826. The molecule has 0 radical (unpaired) electrons. The van der Waals surface area contributed by atoms with Gasteiger partial charge in [0.2, 0.25) is 0 Å². The lowest BCUT2D eigenvalue weighted by Crippen LogP contribution is -2.19. The predicted molar refractivity (Wildman–Crippen MR) is 70.3 cm³/mol. The number of ketones is 1. The highest BCUT2D eigenvalue weighted by atomic mass is 16.5. The average Bonchev–Trinajstić information content (AvgIpc) is 2.99. The summed E-state index contributed by atoms with van der Waals surface area (Å²) in [6.45, 7) is 4.06. The smallest absolute Gasteiger partial charge is 0.166 e. The summed E-state index contributed by atoms with van der Waals surface area (Å²) < 4.78 is 5.39. The summed E-state index contributed by atoms with van der Waals surface area (Å²) in [5.74, 6) is 1.65. The van der Waals surface area contributed by atoms with Crippen LogP contribution in [0.2, 0.25) is 0 Å². The second kappa shape index (κ2) is 4.09. The van der Waals surface area contributed by atoms with Crippen molar-refractivity contribution in [1.82, 2.24) is 5.32 Å². The number of nitrogens with one attached hydrogen (secondary N) is 1. The summed E-state index contributed by atoms with van der Waals surface area (Å²) >= 11 is 0. The lowest BCUT2D eigenvalue weighted by atomic mass is 9.93. The van der Waals surface area contributed by atoms with Gasteiger partial charge in [-0.25, -0.2) is 0 Å². The maximum Gasteiger partial charge on any atom is 0.166 e. The summed E-state index contributed by atoms with van der Waals surface area (Å²) in [5.41, 5.74) is 2.35. The maximum atomic E-state index is 11.8. The number of hydrogen-bond donors (Lipinski definition) is 1. The minimum atomic E-state index is 0.146. The van der Waals surface area contributed by atoms with Crippen LogP contribution in [0.1, 0.15) is 35.7 Å². The van der Waals surface area contributed by atoms with E-state index >= 15 is 0 Å². The number of rotatable bonds is 4. The van der Waals surface area contributed by atoms with Gasteiger partial charge in [0, 0.05) is 18.4 Å². The number of ether oxygens (including phenoxy) is 1. The van der Waals surface area contributed by atoms with E-state index in [9.17, 15) is 4.79 Å². The first kappa shape index (κ1) is 11.7. The highest BCUT2D eigenvalue weighted by Crippen LogP contribution is 2.56. The molecule has 3 nitrogen and oxygen atoms in total. The van der Waals surface area contributed by atoms with Gasteiger partial charge in [-0.05, 0) is 36.6 Å². The molecular formula is C15H19NO2. The predicted octanol–water partition coefficient (Wildman–Crippen LogP) is 2.15. The Morgan fingerprint density at radius 2 is 2.39 bits per heavy atom. The summed E-state index contributed by atoms with van der Waals surface area (Å²) in [7, 11) is 1.64. The molecule has 0 aromatic heterocycles. The molecule has 2 atom stereocenters. The summed E-state index contributed by atoms with van der Waals surface area (Å²) in [4.78, 5) is 11.8. The van der Waals surface area contributed by atoms with Crippen molar-refractivity contribution in [2.24, 2.45) is 5.92 Å². The second-order valence-electron chi connectivity index (χ2n) is 5.38. The molecule has 0 amide bonds. The highest BCUT2D eigenvalue weighted by Gasteiger charge is 2.58. The number of piperidine rings is 1. The molecular weight excluding hydrogens is 226 g/mol. The van der Waals surface area contributed by atoms with E-state index in [2.05, 4.69) is 17.4 Å². The van der Waals surface area contributed by atoms with Crippen LogP contribution in [0.15, 0.2) is 18.2 Å². The Morgan fingerprint density at radius 1 is 1.56 bits per heavy atom. The summed E-state index contributed by atoms with van der Waals surface area (Å²) in [6.07, 6.45) is 1.79. The largest absolute Gasteiger partial charge is 0.496 e. The number of hydrogen-bond acceptors (Lipinski definition) is 3. The Balaban J connectivity index is 1.97. The van der Waals surface area contributed by atoms with Crippen LogP contribution >= 0.6 is 0 Å². The maximum absolute atomic E-state index is 11.8. The number of benzene rings is 1. The zero-order valence-corrected chi connectivity index (χ0v) is 11.0. The molecule has 1 aliphatic carbocycles. The van der Waals surface area contributed by atoms with E-state index in [1.165, 1.54) is 12.0 Å². The van der Waals surface area contributed by atoms with E-state index in [1.807, 2.05) is 13.0 Å². The molecule has 1 N–H and O–H groups in total. The Hall–Kier alpha value is -1.35. The molecule has 2 aliphatic rings. The topological polar surface area (TPSA) is 38.3 Å². The number of methoxy groups -OCH3 is 1. The third-order valence-corrected chi connectivity index (χ3v) is 4.46. The molecule has 1 heterocycles. The molecule has 96 valence electrons. The molecule has 1 aromatic rings. The van der Waals surface area contributed by atoms with Gasteiger partial charge in [0.25, 0.3) is 0 Å². The molecule has 1 aliphatic heterocycles. The van der Waals surface area contributed by atoms with E-state index < -0.39 is 0 Å². The third-order valence-electron chi connectivity index (χ3n) is 4.46. The first-order valence-corrected chi connectivity index (χ1v) is 6.63. The van der Waals surface area contributed by atoms with Gasteiger partial charge in [0.1, 0.15) is 5.75 Å². The fourth-order valence-corrected chi connectivity index (χ4v) is 3.21. The molecule has 0 bridgehead atoms. The molecule has 1 saturated carbocycles. The van der Waals surface area contributed by atoms with Gasteiger partial charge >= 0.3 is 0 Å². The van der Waals surface area contributed by atoms with Crippen LogP contribution in [-0.2, 0) is 5.41 Å². The van der Waals surface area contributed by atoms with E-state index in [0.717, 1.165) is 24.8 Å². The average molecular weight is 245 g/mol. The number of carbonyl (C=O) groups excluding carboxylic acids is 1. The first-order chi connectivity index (χ1) is 8.71. The van der Waals surface area contributed by atoms with Crippen LogP contribution in [0.25, 0.3) is 0 Å². The lowest BCUT2D eigenvalue weighted by Gasteiger charge is -2.15. The SMILES string of the molecule is CCC(=O)c1ccc(C23CNC[C@H]2C3)cc1OC. The lowest BCUT2D eigenvalue weighted by molar-refractivity contribution is 0.0985. The standard InChI is InChI=1S/C15H19NO2/c1-3-13(17)12-5-4-10(6-14(12)18-2)15-7-11(15)8-16-9-15/h4-6,11,16H,3,7-9H2,1-2H3/t11-,15?/m1/s1. The normalized spacial score (nSPS) is 28.9.